The molecule has 0 aliphatic heterocycles. The molecule has 0 radical (unpaired) electrons. The number of rotatable bonds is 11. The second kappa shape index (κ2) is 11.5. The number of amides is 1. The Morgan fingerprint density at radius 1 is 1.00 bits per heavy atom. The van der Waals surface area contributed by atoms with Gasteiger partial charge in [0.1, 0.15) is 5.75 Å². The van der Waals surface area contributed by atoms with Crippen LogP contribution < -0.4 is 14.4 Å². The molecule has 8 heteroatoms. The van der Waals surface area contributed by atoms with Gasteiger partial charge in [-0.25, -0.2) is 8.42 Å². The lowest BCUT2D eigenvalue weighted by molar-refractivity contribution is -0.116. The number of hydrogen-bond acceptors (Lipinski definition) is 5. The number of para-hydroxylation sites is 2. The van der Waals surface area contributed by atoms with Crippen molar-refractivity contribution in [1.82, 2.24) is 4.98 Å². The van der Waals surface area contributed by atoms with E-state index in [1.54, 1.807) is 36.7 Å². The number of nitrogens with one attached hydrogen (secondary N) is 1. The normalized spacial score (nSPS) is 11.1. The number of sulfonamides is 1. The second-order valence-electron chi connectivity index (χ2n) is 7.62. The number of benzene rings is 2. The molecule has 1 aromatic heterocycles. The Kier molecular flexibility index (Phi) is 8.43. The van der Waals surface area contributed by atoms with Crippen LogP contribution in [0.5, 0.6) is 5.75 Å². The van der Waals surface area contributed by atoms with Crippen LogP contribution in [0.3, 0.4) is 0 Å². The minimum Gasteiger partial charge on any atom is -0.492 e. The average Bonchev–Trinajstić information content (AvgIpc) is 2.79. The quantitative estimate of drug-likeness (QED) is 0.455. The second-order valence-corrected chi connectivity index (χ2v) is 9.52. The van der Waals surface area contributed by atoms with Crippen molar-refractivity contribution in [3.8, 4) is 5.75 Å². The predicted octanol–water partition coefficient (Wildman–Crippen LogP) is 4.26. The summed E-state index contributed by atoms with van der Waals surface area (Å²) >= 11 is 0. The Morgan fingerprint density at radius 3 is 2.33 bits per heavy atom. The van der Waals surface area contributed by atoms with Crippen molar-refractivity contribution >= 4 is 27.3 Å². The first-order valence-corrected chi connectivity index (χ1v) is 12.7. The molecular formula is C25H29N3O4S. The highest BCUT2D eigenvalue weighted by atomic mass is 32.2. The van der Waals surface area contributed by atoms with Crippen LogP contribution in [0.2, 0.25) is 0 Å². The van der Waals surface area contributed by atoms with E-state index >= 15 is 0 Å². The molecule has 3 aromatic rings. The number of anilines is 2. The molecule has 0 unspecified atom stereocenters. The Balaban J connectivity index is 1.55. The Bertz CT molecular complexity index is 1150. The number of ether oxygens (including phenoxy) is 1. The largest absolute Gasteiger partial charge is 0.492 e. The molecular weight excluding hydrogens is 438 g/mol. The van der Waals surface area contributed by atoms with Crippen molar-refractivity contribution in [2.75, 3.05) is 29.0 Å². The molecule has 1 heterocycles. The molecule has 0 saturated heterocycles. The van der Waals surface area contributed by atoms with E-state index in [1.165, 1.54) is 9.87 Å². The van der Waals surface area contributed by atoms with Gasteiger partial charge in [0.15, 0.2) is 0 Å². The van der Waals surface area contributed by atoms with Gasteiger partial charge in [-0.05, 0) is 67.3 Å². The van der Waals surface area contributed by atoms with Crippen molar-refractivity contribution in [1.29, 1.82) is 0 Å². The number of hydrogen-bond donors (Lipinski definition) is 1. The van der Waals surface area contributed by atoms with Crippen LogP contribution in [0, 0.1) is 0 Å². The van der Waals surface area contributed by atoms with Gasteiger partial charge in [0.05, 0.1) is 18.6 Å². The maximum absolute atomic E-state index is 12.4. The van der Waals surface area contributed by atoms with Gasteiger partial charge in [-0.15, -0.1) is 0 Å². The fraction of sp³-hybridized carbons (Fsp3) is 0.280. The molecule has 0 spiro atoms. The van der Waals surface area contributed by atoms with Gasteiger partial charge >= 0.3 is 0 Å². The average molecular weight is 468 g/mol. The van der Waals surface area contributed by atoms with Gasteiger partial charge in [-0.3, -0.25) is 14.1 Å². The molecule has 3 rings (SSSR count). The summed E-state index contributed by atoms with van der Waals surface area (Å²) < 4.78 is 31.6. The van der Waals surface area contributed by atoms with E-state index in [9.17, 15) is 13.2 Å². The third-order valence-electron chi connectivity index (χ3n) is 4.99. The van der Waals surface area contributed by atoms with Gasteiger partial charge in [0.2, 0.25) is 15.9 Å². The summed E-state index contributed by atoms with van der Waals surface area (Å²) in [5.41, 5.74) is 3.49. The molecule has 0 aliphatic carbocycles. The number of carbonyl (C=O) groups excluding carboxylic acids is 1. The van der Waals surface area contributed by atoms with E-state index in [0.29, 0.717) is 30.2 Å². The highest BCUT2D eigenvalue weighted by Gasteiger charge is 2.21. The zero-order valence-electron chi connectivity index (χ0n) is 18.9. The maximum atomic E-state index is 12.4. The van der Waals surface area contributed by atoms with Crippen molar-refractivity contribution in [2.24, 2.45) is 0 Å². The van der Waals surface area contributed by atoms with Crippen LogP contribution in [-0.2, 0) is 21.2 Å². The molecule has 1 amide bonds. The summed E-state index contributed by atoms with van der Waals surface area (Å²) in [5, 5.41) is 2.88. The third-order valence-corrected chi connectivity index (χ3v) is 6.17. The van der Waals surface area contributed by atoms with E-state index in [0.717, 1.165) is 18.2 Å². The number of nitrogens with zero attached hydrogens (tertiary/aromatic N) is 2. The summed E-state index contributed by atoms with van der Waals surface area (Å²) in [6.45, 7) is 2.46. The summed E-state index contributed by atoms with van der Waals surface area (Å²) in [6.07, 6.45) is 6.06. The van der Waals surface area contributed by atoms with Crippen LogP contribution in [0.1, 0.15) is 30.9 Å². The van der Waals surface area contributed by atoms with Crippen LogP contribution in [0.15, 0.2) is 73.1 Å². The standard InChI is InChI=1S/C25H29N3O4S/c1-3-32-24-8-5-4-7-23(24)28(33(2,30)31)18-6-9-25(29)27-22-12-10-20(11-13-22)19-21-14-16-26-17-15-21/h4-5,7-8,10-17H,3,6,9,18-19H2,1-2H3,(H,27,29). The first-order chi connectivity index (χ1) is 15.9. The summed E-state index contributed by atoms with van der Waals surface area (Å²) in [6, 6.07) is 18.7. The Labute approximate surface area is 195 Å². The van der Waals surface area contributed by atoms with Crippen molar-refractivity contribution in [3.63, 3.8) is 0 Å². The predicted molar refractivity (Wildman–Crippen MR) is 131 cm³/mol. The molecule has 174 valence electrons. The molecule has 0 fully saturated rings. The number of pyridine rings is 1. The summed E-state index contributed by atoms with van der Waals surface area (Å²) in [4.78, 5) is 16.4. The molecule has 0 aliphatic rings. The molecule has 2 aromatic carbocycles. The van der Waals surface area contributed by atoms with Crippen LogP contribution in [0.4, 0.5) is 11.4 Å². The summed E-state index contributed by atoms with van der Waals surface area (Å²) in [5.74, 6) is 0.338. The first kappa shape index (κ1) is 24.3. The molecule has 1 N–H and O–H groups in total. The van der Waals surface area contributed by atoms with Crippen molar-refractivity contribution < 1.29 is 17.9 Å². The lowest BCUT2D eigenvalue weighted by Crippen LogP contribution is -2.31. The monoisotopic (exact) mass is 467 g/mol. The highest BCUT2D eigenvalue weighted by molar-refractivity contribution is 7.92. The minimum absolute atomic E-state index is 0.163. The third kappa shape index (κ3) is 7.32. The number of aromatic nitrogens is 1. The van der Waals surface area contributed by atoms with Crippen LogP contribution in [0.25, 0.3) is 0 Å². The number of carbonyl (C=O) groups is 1. The molecule has 7 nitrogen and oxygen atoms in total. The molecule has 0 saturated carbocycles. The van der Waals surface area contributed by atoms with Gasteiger partial charge in [0, 0.05) is 31.0 Å². The van der Waals surface area contributed by atoms with E-state index < -0.39 is 10.0 Å². The SMILES string of the molecule is CCOc1ccccc1N(CCCC(=O)Nc1ccc(Cc2ccncc2)cc1)S(C)(=O)=O. The topological polar surface area (TPSA) is 88.6 Å². The lowest BCUT2D eigenvalue weighted by atomic mass is 10.1. The van der Waals surface area contributed by atoms with Gasteiger partial charge in [-0.2, -0.15) is 0 Å². The van der Waals surface area contributed by atoms with E-state index in [2.05, 4.69) is 10.3 Å². The fourth-order valence-corrected chi connectivity index (χ4v) is 4.42. The molecule has 0 bridgehead atoms. The van der Waals surface area contributed by atoms with E-state index in [-0.39, 0.29) is 18.9 Å². The molecule has 0 atom stereocenters. The van der Waals surface area contributed by atoms with Gasteiger partial charge in [-0.1, -0.05) is 24.3 Å². The van der Waals surface area contributed by atoms with Crippen LogP contribution >= 0.6 is 0 Å². The highest BCUT2D eigenvalue weighted by Crippen LogP contribution is 2.30. The van der Waals surface area contributed by atoms with Crippen molar-refractivity contribution in [3.05, 3.63) is 84.2 Å². The minimum atomic E-state index is -3.53. The fourth-order valence-electron chi connectivity index (χ4n) is 3.45. The maximum Gasteiger partial charge on any atom is 0.232 e. The first-order valence-electron chi connectivity index (χ1n) is 10.8. The zero-order valence-corrected chi connectivity index (χ0v) is 19.7. The van der Waals surface area contributed by atoms with E-state index in [4.69, 9.17) is 4.74 Å². The van der Waals surface area contributed by atoms with Gasteiger partial charge < -0.3 is 10.1 Å². The Morgan fingerprint density at radius 2 is 1.67 bits per heavy atom. The lowest BCUT2D eigenvalue weighted by Gasteiger charge is -2.24. The van der Waals surface area contributed by atoms with Crippen LogP contribution in [-0.4, -0.2) is 38.7 Å². The van der Waals surface area contributed by atoms with E-state index in [1.807, 2.05) is 43.3 Å². The van der Waals surface area contributed by atoms with Crippen molar-refractivity contribution in [2.45, 2.75) is 26.2 Å². The summed E-state index contributed by atoms with van der Waals surface area (Å²) in [7, 11) is -3.53. The molecule has 33 heavy (non-hydrogen) atoms. The smallest absolute Gasteiger partial charge is 0.232 e. The zero-order chi connectivity index (χ0) is 23.7. The Hall–Kier alpha value is -3.39. The van der Waals surface area contributed by atoms with Gasteiger partial charge in [0.25, 0.3) is 0 Å².